The normalized spacial score (nSPS) is 12.9. The number of hydrogen-bond donors (Lipinski definition) is 0. The average molecular weight is 191 g/mol. The van der Waals surface area contributed by atoms with Crippen molar-refractivity contribution in [3.63, 3.8) is 0 Å². The van der Waals surface area contributed by atoms with E-state index in [4.69, 9.17) is 11.6 Å². The van der Waals surface area contributed by atoms with Crippen molar-refractivity contribution in [1.82, 2.24) is 0 Å². The van der Waals surface area contributed by atoms with Crippen LogP contribution in [0.3, 0.4) is 0 Å². The Bertz CT molecular complexity index is 123. The smallest absolute Gasteiger partial charge is 0.147 e. The zero-order valence-electron chi connectivity index (χ0n) is 8.11. The number of rotatable bonds is 7. The molecule has 0 aromatic heterocycles. The number of hydrogen-bond acceptors (Lipinski definition) is 1. The van der Waals surface area contributed by atoms with Gasteiger partial charge < -0.3 is 0 Å². The summed E-state index contributed by atoms with van der Waals surface area (Å²) in [7, 11) is 0. The quantitative estimate of drug-likeness (QED) is 0.563. The highest BCUT2D eigenvalue weighted by molar-refractivity contribution is 6.27. The molecule has 0 rings (SSSR count). The Morgan fingerprint density at radius 3 is 2.50 bits per heavy atom. The summed E-state index contributed by atoms with van der Waals surface area (Å²) >= 11 is 5.44. The maximum absolute atomic E-state index is 11.0. The first-order valence-corrected chi connectivity index (χ1v) is 5.35. The fourth-order valence-corrected chi connectivity index (χ4v) is 1.43. The highest BCUT2D eigenvalue weighted by Crippen LogP contribution is 2.16. The minimum absolute atomic E-state index is 0.183. The molecular weight excluding hydrogens is 172 g/mol. The van der Waals surface area contributed by atoms with Gasteiger partial charge >= 0.3 is 0 Å². The van der Waals surface area contributed by atoms with Crippen molar-refractivity contribution in [2.75, 3.05) is 5.88 Å². The molecule has 0 saturated carbocycles. The first-order chi connectivity index (χ1) is 5.74. The van der Waals surface area contributed by atoms with Crippen molar-refractivity contribution < 1.29 is 4.79 Å². The molecule has 72 valence electrons. The van der Waals surface area contributed by atoms with Gasteiger partial charge in [0.15, 0.2) is 0 Å². The van der Waals surface area contributed by atoms with Gasteiger partial charge in [-0.1, -0.05) is 39.5 Å². The number of carbonyl (C=O) groups is 1. The van der Waals surface area contributed by atoms with Crippen molar-refractivity contribution in [2.45, 2.75) is 46.0 Å². The molecule has 0 aromatic rings. The molecule has 0 aromatic carbocycles. The van der Waals surface area contributed by atoms with Crippen molar-refractivity contribution in [2.24, 2.45) is 5.92 Å². The fraction of sp³-hybridized carbons (Fsp3) is 0.900. The third kappa shape index (κ3) is 5.59. The highest BCUT2D eigenvalue weighted by atomic mass is 35.5. The van der Waals surface area contributed by atoms with Crippen LogP contribution in [0.25, 0.3) is 0 Å². The third-order valence-electron chi connectivity index (χ3n) is 2.21. The van der Waals surface area contributed by atoms with E-state index in [1.807, 2.05) is 0 Å². The Labute approximate surface area is 80.5 Å². The van der Waals surface area contributed by atoms with E-state index in [0.717, 1.165) is 6.42 Å². The SMILES string of the molecule is CCCCC(CC)CC(=O)CCl. The van der Waals surface area contributed by atoms with Crippen LogP contribution >= 0.6 is 11.6 Å². The van der Waals surface area contributed by atoms with Gasteiger partial charge in [-0.15, -0.1) is 11.6 Å². The van der Waals surface area contributed by atoms with Gasteiger partial charge in [-0.2, -0.15) is 0 Å². The van der Waals surface area contributed by atoms with Gasteiger partial charge in [0.25, 0.3) is 0 Å². The van der Waals surface area contributed by atoms with Gasteiger partial charge in [0.2, 0.25) is 0 Å². The molecule has 12 heavy (non-hydrogen) atoms. The van der Waals surface area contributed by atoms with Crippen LogP contribution < -0.4 is 0 Å². The molecule has 1 unspecified atom stereocenters. The summed E-state index contributed by atoms with van der Waals surface area (Å²) in [4.78, 5) is 11.0. The summed E-state index contributed by atoms with van der Waals surface area (Å²) < 4.78 is 0. The van der Waals surface area contributed by atoms with E-state index < -0.39 is 0 Å². The number of carbonyl (C=O) groups excluding carboxylic acids is 1. The van der Waals surface area contributed by atoms with E-state index in [0.29, 0.717) is 12.3 Å². The Morgan fingerprint density at radius 2 is 2.08 bits per heavy atom. The monoisotopic (exact) mass is 190 g/mol. The molecule has 1 atom stereocenters. The van der Waals surface area contributed by atoms with Gasteiger partial charge in [0.1, 0.15) is 5.78 Å². The van der Waals surface area contributed by atoms with Crippen molar-refractivity contribution >= 4 is 17.4 Å². The number of ketones is 1. The van der Waals surface area contributed by atoms with Crippen LogP contribution in [0.2, 0.25) is 0 Å². The third-order valence-corrected chi connectivity index (χ3v) is 2.51. The Morgan fingerprint density at radius 1 is 1.42 bits per heavy atom. The molecule has 0 saturated heterocycles. The molecule has 0 amide bonds. The lowest BCUT2D eigenvalue weighted by atomic mass is 9.94. The minimum atomic E-state index is 0.183. The van der Waals surface area contributed by atoms with Crippen molar-refractivity contribution in [1.29, 1.82) is 0 Å². The van der Waals surface area contributed by atoms with Gasteiger partial charge in [0.05, 0.1) is 5.88 Å². The van der Waals surface area contributed by atoms with E-state index in [2.05, 4.69) is 13.8 Å². The van der Waals surface area contributed by atoms with E-state index in [-0.39, 0.29) is 11.7 Å². The summed E-state index contributed by atoms with van der Waals surface area (Å²) in [5, 5.41) is 0. The average Bonchev–Trinajstić information content (AvgIpc) is 2.11. The van der Waals surface area contributed by atoms with Crippen LogP contribution in [-0.2, 0) is 4.79 Å². The second-order valence-corrected chi connectivity index (χ2v) is 3.56. The summed E-state index contributed by atoms with van der Waals surface area (Å²) in [5.41, 5.74) is 0. The molecule has 0 fully saturated rings. The molecule has 0 spiro atoms. The predicted octanol–water partition coefficient (Wildman–Crippen LogP) is 3.40. The molecule has 0 aliphatic carbocycles. The van der Waals surface area contributed by atoms with Crippen molar-refractivity contribution in [3.8, 4) is 0 Å². The molecular formula is C10H19ClO. The van der Waals surface area contributed by atoms with E-state index in [1.54, 1.807) is 0 Å². The summed E-state index contributed by atoms with van der Waals surface area (Å²) in [6.07, 6.45) is 5.40. The standard InChI is InChI=1S/C10H19ClO/c1-3-5-6-9(4-2)7-10(12)8-11/h9H,3-8H2,1-2H3. The largest absolute Gasteiger partial charge is 0.298 e. The van der Waals surface area contributed by atoms with Gasteiger partial charge in [-0.25, -0.2) is 0 Å². The zero-order chi connectivity index (χ0) is 9.40. The predicted molar refractivity (Wildman–Crippen MR) is 53.7 cm³/mol. The molecule has 2 heteroatoms. The Balaban J connectivity index is 3.59. The molecule has 0 radical (unpaired) electrons. The second kappa shape index (κ2) is 7.60. The first-order valence-electron chi connectivity index (χ1n) is 4.82. The van der Waals surface area contributed by atoms with Gasteiger partial charge in [-0.3, -0.25) is 4.79 Å². The van der Waals surface area contributed by atoms with Crippen LogP contribution in [0.15, 0.2) is 0 Å². The topological polar surface area (TPSA) is 17.1 Å². The molecule has 1 nitrogen and oxygen atoms in total. The van der Waals surface area contributed by atoms with Crippen LogP contribution in [0, 0.1) is 5.92 Å². The molecule has 0 aliphatic rings. The lowest BCUT2D eigenvalue weighted by Gasteiger charge is -2.11. The molecule has 0 bridgehead atoms. The Hall–Kier alpha value is -0.0400. The highest BCUT2D eigenvalue weighted by Gasteiger charge is 2.10. The lowest BCUT2D eigenvalue weighted by molar-refractivity contribution is -0.117. The van der Waals surface area contributed by atoms with E-state index >= 15 is 0 Å². The van der Waals surface area contributed by atoms with E-state index in [9.17, 15) is 4.79 Å². The summed E-state index contributed by atoms with van der Waals surface area (Å²) in [6, 6.07) is 0. The number of Topliss-reactive ketones (excluding diaryl/α,β-unsaturated/α-hetero) is 1. The number of halogens is 1. The van der Waals surface area contributed by atoms with Crippen molar-refractivity contribution in [3.05, 3.63) is 0 Å². The van der Waals surface area contributed by atoms with Crippen LogP contribution in [0.5, 0.6) is 0 Å². The van der Waals surface area contributed by atoms with Crippen LogP contribution in [0.4, 0.5) is 0 Å². The maximum atomic E-state index is 11.0. The molecule has 0 N–H and O–H groups in total. The number of unbranched alkanes of at least 4 members (excludes halogenated alkanes) is 1. The first kappa shape index (κ1) is 12.0. The second-order valence-electron chi connectivity index (χ2n) is 3.29. The summed E-state index contributed by atoms with van der Waals surface area (Å²) in [5.74, 6) is 0.943. The van der Waals surface area contributed by atoms with Gasteiger partial charge in [0, 0.05) is 6.42 Å². The molecule has 0 heterocycles. The van der Waals surface area contributed by atoms with Gasteiger partial charge in [-0.05, 0) is 5.92 Å². The van der Waals surface area contributed by atoms with Crippen LogP contribution in [-0.4, -0.2) is 11.7 Å². The molecule has 0 aliphatic heterocycles. The number of alkyl halides is 1. The van der Waals surface area contributed by atoms with Crippen LogP contribution in [0.1, 0.15) is 46.0 Å². The maximum Gasteiger partial charge on any atom is 0.147 e. The fourth-order valence-electron chi connectivity index (χ4n) is 1.32. The summed E-state index contributed by atoms with van der Waals surface area (Å²) in [6.45, 7) is 4.32. The zero-order valence-corrected chi connectivity index (χ0v) is 8.86. The lowest BCUT2D eigenvalue weighted by Crippen LogP contribution is -2.08. The van der Waals surface area contributed by atoms with E-state index in [1.165, 1.54) is 19.3 Å². The minimum Gasteiger partial charge on any atom is -0.298 e. The Kier molecular flexibility index (Phi) is 7.58.